The Kier molecular flexibility index (Phi) is 3.80. The Morgan fingerprint density at radius 2 is 2.16 bits per heavy atom. The number of aromatic nitrogens is 4. The van der Waals surface area contributed by atoms with Crippen LogP contribution in [0, 0.1) is 6.92 Å². The Balaban J connectivity index is 1.63. The van der Waals surface area contributed by atoms with Crippen LogP contribution in [0.15, 0.2) is 24.5 Å². The molecular weight excluding hydrogens is 318 g/mol. The standard InChI is InChI=1S/C18H21N5O2/c1-3-23-16-6-7-21(10-14(16)15(11-24)20-23)18(25)13-4-5-17-19-12(2)8-22(17)9-13/h4-5,8-9,24H,3,6-7,10-11H2,1-2H3. The second kappa shape index (κ2) is 6.00. The molecule has 0 atom stereocenters. The Hall–Kier alpha value is -2.67. The van der Waals surface area contributed by atoms with Gasteiger partial charge in [-0.05, 0) is 26.0 Å². The molecular formula is C18H21N5O2. The smallest absolute Gasteiger partial charge is 0.255 e. The van der Waals surface area contributed by atoms with Crippen LogP contribution in [0.4, 0.5) is 0 Å². The van der Waals surface area contributed by atoms with Crippen molar-refractivity contribution in [2.75, 3.05) is 6.54 Å². The molecule has 1 aliphatic heterocycles. The number of aliphatic hydroxyl groups excluding tert-OH is 1. The topological polar surface area (TPSA) is 75.7 Å². The zero-order valence-electron chi connectivity index (χ0n) is 14.4. The summed E-state index contributed by atoms with van der Waals surface area (Å²) in [6, 6.07) is 3.69. The number of aliphatic hydroxyl groups is 1. The number of carbonyl (C=O) groups excluding carboxylic acids is 1. The van der Waals surface area contributed by atoms with Crippen LogP contribution in [0.5, 0.6) is 0 Å². The molecule has 0 saturated heterocycles. The molecule has 0 bridgehead atoms. The summed E-state index contributed by atoms with van der Waals surface area (Å²) in [7, 11) is 0. The van der Waals surface area contributed by atoms with Gasteiger partial charge >= 0.3 is 0 Å². The zero-order chi connectivity index (χ0) is 17.6. The molecule has 3 aromatic rings. The first-order valence-corrected chi connectivity index (χ1v) is 8.53. The van der Waals surface area contributed by atoms with Gasteiger partial charge in [-0.25, -0.2) is 4.98 Å². The van der Waals surface area contributed by atoms with Gasteiger partial charge in [-0.3, -0.25) is 9.48 Å². The van der Waals surface area contributed by atoms with E-state index in [0.29, 0.717) is 24.3 Å². The van der Waals surface area contributed by atoms with E-state index in [4.69, 9.17) is 0 Å². The maximum atomic E-state index is 12.9. The van der Waals surface area contributed by atoms with Gasteiger partial charge < -0.3 is 14.4 Å². The van der Waals surface area contributed by atoms with Crippen molar-refractivity contribution in [3.8, 4) is 0 Å². The van der Waals surface area contributed by atoms with Gasteiger partial charge in [0.25, 0.3) is 5.91 Å². The van der Waals surface area contributed by atoms with Gasteiger partial charge in [0.2, 0.25) is 0 Å². The summed E-state index contributed by atoms with van der Waals surface area (Å²) in [5.74, 6) is -0.00737. The number of aryl methyl sites for hydroxylation is 2. The fourth-order valence-electron chi connectivity index (χ4n) is 3.55. The first kappa shape index (κ1) is 15.8. The predicted molar refractivity (Wildman–Crippen MR) is 92.2 cm³/mol. The molecule has 4 rings (SSSR count). The minimum atomic E-state index is -0.0996. The van der Waals surface area contributed by atoms with Gasteiger partial charge in [0, 0.05) is 49.7 Å². The lowest BCUT2D eigenvalue weighted by molar-refractivity contribution is 0.0731. The van der Waals surface area contributed by atoms with Gasteiger partial charge in [-0.1, -0.05) is 0 Å². The minimum absolute atomic E-state index is 0.00737. The Morgan fingerprint density at radius 3 is 2.92 bits per heavy atom. The van der Waals surface area contributed by atoms with Crippen LogP contribution < -0.4 is 0 Å². The maximum Gasteiger partial charge on any atom is 0.255 e. The third kappa shape index (κ3) is 2.60. The second-order valence-corrected chi connectivity index (χ2v) is 6.39. The largest absolute Gasteiger partial charge is 0.390 e. The van der Waals surface area contributed by atoms with E-state index in [-0.39, 0.29) is 12.5 Å². The van der Waals surface area contributed by atoms with E-state index >= 15 is 0 Å². The Morgan fingerprint density at radius 1 is 1.32 bits per heavy atom. The third-order valence-corrected chi connectivity index (χ3v) is 4.77. The van der Waals surface area contributed by atoms with Crippen LogP contribution in [-0.4, -0.2) is 41.6 Å². The number of amides is 1. The van der Waals surface area contributed by atoms with Crippen LogP contribution in [0.2, 0.25) is 0 Å². The van der Waals surface area contributed by atoms with Crippen molar-refractivity contribution in [1.29, 1.82) is 0 Å². The van der Waals surface area contributed by atoms with Crippen LogP contribution in [0.1, 0.15) is 39.9 Å². The lowest BCUT2D eigenvalue weighted by Crippen LogP contribution is -2.36. The molecule has 0 spiro atoms. The molecule has 0 fully saturated rings. The Bertz CT molecular complexity index is 956. The summed E-state index contributed by atoms with van der Waals surface area (Å²) in [5, 5.41) is 14.0. The normalized spacial score (nSPS) is 14.1. The van der Waals surface area contributed by atoms with E-state index in [0.717, 1.165) is 35.6 Å². The van der Waals surface area contributed by atoms with E-state index in [2.05, 4.69) is 10.1 Å². The summed E-state index contributed by atoms with van der Waals surface area (Å²) in [5.41, 5.74) is 5.20. The summed E-state index contributed by atoms with van der Waals surface area (Å²) >= 11 is 0. The zero-order valence-corrected chi connectivity index (χ0v) is 14.4. The van der Waals surface area contributed by atoms with E-state index in [1.54, 1.807) is 0 Å². The fourth-order valence-corrected chi connectivity index (χ4v) is 3.55. The lowest BCUT2D eigenvalue weighted by Gasteiger charge is -2.28. The molecule has 25 heavy (non-hydrogen) atoms. The number of hydrogen-bond donors (Lipinski definition) is 1. The van der Waals surface area contributed by atoms with Crippen molar-refractivity contribution in [2.45, 2.75) is 40.0 Å². The highest BCUT2D eigenvalue weighted by atomic mass is 16.3. The van der Waals surface area contributed by atoms with E-state index in [1.165, 1.54) is 0 Å². The maximum absolute atomic E-state index is 12.9. The molecule has 0 aromatic carbocycles. The monoisotopic (exact) mass is 339 g/mol. The summed E-state index contributed by atoms with van der Waals surface area (Å²) < 4.78 is 3.81. The highest BCUT2D eigenvalue weighted by Crippen LogP contribution is 2.24. The first-order valence-electron chi connectivity index (χ1n) is 8.53. The minimum Gasteiger partial charge on any atom is -0.390 e. The van der Waals surface area contributed by atoms with Crippen LogP contribution in [-0.2, 0) is 26.1 Å². The molecule has 130 valence electrons. The van der Waals surface area contributed by atoms with E-state index in [1.807, 2.05) is 52.4 Å². The highest BCUT2D eigenvalue weighted by molar-refractivity contribution is 5.94. The third-order valence-electron chi connectivity index (χ3n) is 4.77. The fraction of sp³-hybridized carbons (Fsp3) is 0.389. The van der Waals surface area contributed by atoms with Gasteiger partial charge in [-0.2, -0.15) is 5.10 Å². The predicted octanol–water partition coefficient (Wildman–Crippen LogP) is 1.55. The molecule has 0 saturated carbocycles. The van der Waals surface area contributed by atoms with Crippen molar-refractivity contribution >= 4 is 11.6 Å². The lowest BCUT2D eigenvalue weighted by atomic mass is 10.0. The molecule has 3 aromatic heterocycles. The highest BCUT2D eigenvalue weighted by Gasteiger charge is 2.27. The number of pyridine rings is 1. The van der Waals surface area contributed by atoms with Crippen LogP contribution in [0.25, 0.3) is 5.65 Å². The molecule has 0 radical (unpaired) electrons. The summed E-state index contributed by atoms with van der Waals surface area (Å²) in [4.78, 5) is 19.2. The summed E-state index contributed by atoms with van der Waals surface area (Å²) in [6.07, 6.45) is 4.50. The molecule has 7 nitrogen and oxygen atoms in total. The molecule has 7 heteroatoms. The number of hydrogen-bond acceptors (Lipinski definition) is 4. The quantitative estimate of drug-likeness (QED) is 0.785. The molecule has 1 amide bonds. The van der Waals surface area contributed by atoms with E-state index < -0.39 is 0 Å². The molecule has 1 N–H and O–H groups in total. The van der Waals surface area contributed by atoms with Crippen molar-refractivity contribution in [3.63, 3.8) is 0 Å². The average molecular weight is 339 g/mol. The van der Waals surface area contributed by atoms with Crippen LogP contribution >= 0.6 is 0 Å². The van der Waals surface area contributed by atoms with Crippen molar-refractivity contribution < 1.29 is 9.90 Å². The SMILES string of the molecule is CCn1nc(CO)c2c1CCN(C(=O)c1ccc3nc(C)cn3c1)C2. The van der Waals surface area contributed by atoms with E-state index in [9.17, 15) is 9.90 Å². The molecule has 0 unspecified atom stereocenters. The molecule has 0 aliphatic carbocycles. The number of nitrogens with zero attached hydrogens (tertiary/aromatic N) is 5. The average Bonchev–Trinajstić information content (AvgIpc) is 3.18. The van der Waals surface area contributed by atoms with Crippen LogP contribution in [0.3, 0.4) is 0 Å². The summed E-state index contributed by atoms with van der Waals surface area (Å²) in [6.45, 7) is 5.79. The van der Waals surface area contributed by atoms with Crippen molar-refractivity contribution in [3.05, 3.63) is 52.7 Å². The number of carbonyl (C=O) groups is 1. The number of fused-ring (bicyclic) bond motifs is 2. The number of imidazole rings is 1. The van der Waals surface area contributed by atoms with Crippen molar-refractivity contribution in [2.24, 2.45) is 0 Å². The van der Waals surface area contributed by atoms with Gasteiger partial charge in [0.1, 0.15) is 5.65 Å². The molecule has 1 aliphatic rings. The van der Waals surface area contributed by atoms with Crippen molar-refractivity contribution in [1.82, 2.24) is 24.1 Å². The molecule has 4 heterocycles. The van der Waals surface area contributed by atoms with Gasteiger partial charge in [-0.15, -0.1) is 0 Å². The number of rotatable bonds is 3. The first-order chi connectivity index (χ1) is 12.1. The van der Waals surface area contributed by atoms with Gasteiger partial charge in [0.05, 0.1) is 23.6 Å². The van der Waals surface area contributed by atoms with Gasteiger partial charge in [0.15, 0.2) is 0 Å². The Labute approximate surface area is 145 Å². The second-order valence-electron chi connectivity index (χ2n) is 6.39.